The normalized spacial score (nSPS) is 18.7. The predicted octanol–water partition coefficient (Wildman–Crippen LogP) is 3.15. The van der Waals surface area contributed by atoms with Crippen LogP contribution in [0.3, 0.4) is 0 Å². The number of rotatable bonds is 4. The summed E-state index contributed by atoms with van der Waals surface area (Å²) in [5.41, 5.74) is 0.368. The van der Waals surface area contributed by atoms with E-state index in [1.165, 1.54) is 10.4 Å². The molecule has 0 aliphatic carbocycles. The molecule has 0 spiro atoms. The molecule has 1 aliphatic rings. The summed E-state index contributed by atoms with van der Waals surface area (Å²) >= 11 is 5.87. The van der Waals surface area contributed by atoms with Gasteiger partial charge in [-0.1, -0.05) is 29.8 Å². The Kier molecular flexibility index (Phi) is 5.17. The monoisotopic (exact) mass is 395 g/mol. The highest BCUT2D eigenvalue weighted by Crippen LogP contribution is 2.33. The summed E-state index contributed by atoms with van der Waals surface area (Å²) < 4.78 is 27.1. The zero-order valence-electron chi connectivity index (χ0n) is 14.1. The average molecular weight is 396 g/mol. The fraction of sp³-hybridized carbons (Fsp3) is 0.294. The summed E-state index contributed by atoms with van der Waals surface area (Å²) in [5, 5.41) is 11.6. The first-order valence-electron chi connectivity index (χ1n) is 8.06. The molecule has 2 aromatic carbocycles. The number of nitrogens with zero attached hydrogens (tertiary/aromatic N) is 3. The van der Waals surface area contributed by atoms with E-state index in [0.717, 1.165) is 0 Å². The first kappa shape index (κ1) is 18.6. The van der Waals surface area contributed by atoms with Crippen molar-refractivity contribution < 1.29 is 13.3 Å². The Morgan fingerprint density at radius 2 is 1.85 bits per heavy atom. The van der Waals surface area contributed by atoms with Crippen molar-refractivity contribution in [3.8, 4) is 0 Å². The van der Waals surface area contributed by atoms with Gasteiger partial charge in [-0.2, -0.15) is 4.31 Å². The highest BCUT2D eigenvalue weighted by molar-refractivity contribution is 7.89. The number of halogens is 1. The highest BCUT2D eigenvalue weighted by atomic mass is 35.5. The van der Waals surface area contributed by atoms with Crippen molar-refractivity contribution >= 4 is 33.0 Å². The Bertz CT molecular complexity index is 921. The minimum atomic E-state index is -3.60. The van der Waals surface area contributed by atoms with E-state index < -0.39 is 14.9 Å². The van der Waals surface area contributed by atoms with Gasteiger partial charge in [-0.3, -0.25) is 10.1 Å². The zero-order chi connectivity index (χ0) is 18.9. The highest BCUT2D eigenvalue weighted by Gasteiger charge is 2.35. The van der Waals surface area contributed by atoms with Crippen molar-refractivity contribution in [1.29, 1.82) is 0 Å². The van der Waals surface area contributed by atoms with Crippen LogP contribution >= 0.6 is 11.6 Å². The average Bonchev–Trinajstić information content (AvgIpc) is 2.62. The fourth-order valence-electron chi connectivity index (χ4n) is 3.15. The number of nitro groups is 1. The summed E-state index contributed by atoms with van der Waals surface area (Å²) in [6, 6.07) is 12.5. The molecule has 0 bridgehead atoms. The molecule has 0 radical (unpaired) electrons. The maximum absolute atomic E-state index is 12.8. The molecular weight excluding hydrogens is 378 g/mol. The van der Waals surface area contributed by atoms with Crippen molar-refractivity contribution in [2.75, 3.05) is 24.5 Å². The maximum atomic E-state index is 12.8. The van der Waals surface area contributed by atoms with Crippen LogP contribution in [0.1, 0.15) is 6.92 Å². The number of sulfonamides is 1. The van der Waals surface area contributed by atoms with Crippen LogP contribution in [-0.4, -0.2) is 43.3 Å². The van der Waals surface area contributed by atoms with Crippen LogP contribution in [0.25, 0.3) is 0 Å². The third-order valence-electron chi connectivity index (χ3n) is 4.39. The molecule has 0 amide bonds. The molecule has 1 atom stereocenters. The van der Waals surface area contributed by atoms with Gasteiger partial charge in [0.05, 0.1) is 9.82 Å². The lowest BCUT2D eigenvalue weighted by Crippen LogP contribution is -2.54. The maximum Gasteiger partial charge on any atom is 0.294 e. The Hall–Kier alpha value is -2.16. The number of nitro benzene ring substituents is 1. The van der Waals surface area contributed by atoms with Gasteiger partial charge in [0, 0.05) is 36.8 Å². The van der Waals surface area contributed by atoms with E-state index in [1.807, 2.05) is 4.90 Å². The van der Waals surface area contributed by atoms with Gasteiger partial charge >= 0.3 is 0 Å². The summed E-state index contributed by atoms with van der Waals surface area (Å²) in [5.74, 6) is 0. The summed E-state index contributed by atoms with van der Waals surface area (Å²) in [7, 11) is -3.60. The summed E-state index contributed by atoms with van der Waals surface area (Å²) in [4.78, 5) is 12.9. The van der Waals surface area contributed by atoms with Crippen LogP contribution in [0.4, 0.5) is 11.4 Å². The largest absolute Gasteiger partial charge is 0.363 e. The van der Waals surface area contributed by atoms with Gasteiger partial charge in [0.1, 0.15) is 5.69 Å². The second-order valence-corrected chi connectivity index (χ2v) is 8.44. The minimum absolute atomic E-state index is 0.0796. The number of benzene rings is 2. The van der Waals surface area contributed by atoms with E-state index in [4.69, 9.17) is 11.6 Å². The topological polar surface area (TPSA) is 83.8 Å². The first-order valence-corrected chi connectivity index (χ1v) is 9.88. The van der Waals surface area contributed by atoms with Crippen LogP contribution < -0.4 is 4.90 Å². The van der Waals surface area contributed by atoms with Gasteiger partial charge in [-0.05, 0) is 31.2 Å². The Morgan fingerprint density at radius 3 is 2.46 bits per heavy atom. The van der Waals surface area contributed by atoms with Crippen LogP contribution in [0.15, 0.2) is 53.4 Å². The van der Waals surface area contributed by atoms with Crippen molar-refractivity contribution in [2.45, 2.75) is 17.9 Å². The summed E-state index contributed by atoms with van der Waals surface area (Å²) in [6.07, 6.45) is 0. The quantitative estimate of drug-likeness (QED) is 0.586. The Balaban J connectivity index is 1.85. The van der Waals surface area contributed by atoms with E-state index in [1.54, 1.807) is 49.4 Å². The minimum Gasteiger partial charge on any atom is -0.363 e. The third-order valence-corrected chi connectivity index (χ3v) is 6.65. The van der Waals surface area contributed by atoms with Crippen LogP contribution in [0.2, 0.25) is 5.02 Å². The molecule has 0 N–H and O–H groups in total. The second-order valence-electron chi connectivity index (χ2n) is 6.11. The molecule has 1 fully saturated rings. The number of hydrogen-bond donors (Lipinski definition) is 0. The molecule has 0 saturated carbocycles. The molecule has 3 rings (SSSR count). The van der Waals surface area contributed by atoms with Gasteiger partial charge in [-0.15, -0.1) is 0 Å². The number of anilines is 1. The molecular formula is C17H18ClN3O4S. The van der Waals surface area contributed by atoms with E-state index in [2.05, 4.69) is 0 Å². The fourth-order valence-corrected chi connectivity index (χ4v) is 4.96. The molecule has 7 nitrogen and oxygen atoms in total. The van der Waals surface area contributed by atoms with Gasteiger partial charge in [-0.25, -0.2) is 8.42 Å². The Labute approximate surface area is 157 Å². The zero-order valence-corrected chi connectivity index (χ0v) is 15.7. The SMILES string of the molecule is C[C@H]1CN(c2ccc(Cl)cc2[N+](=O)[O-])CCN1S(=O)(=O)c1ccccc1. The standard InChI is InChI=1S/C17H18ClN3O4S/c1-13-12-19(16-8-7-14(18)11-17(16)21(22)23)9-10-20(13)26(24,25)15-5-3-2-4-6-15/h2-8,11,13H,9-10,12H2,1H3/t13-/m0/s1. The van der Waals surface area contributed by atoms with Gasteiger partial charge in [0.15, 0.2) is 0 Å². The van der Waals surface area contributed by atoms with E-state index in [9.17, 15) is 18.5 Å². The second kappa shape index (κ2) is 7.22. The van der Waals surface area contributed by atoms with Crippen LogP contribution in [-0.2, 0) is 10.0 Å². The molecule has 2 aromatic rings. The molecule has 9 heteroatoms. The lowest BCUT2D eigenvalue weighted by atomic mass is 10.2. The van der Waals surface area contributed by atoms with E-state index in [0.29, 0.717) is 23.8 Å². The Morgan fingerprint density at radius 1 is 1.15 bits per heavy atom. The number of piperazine rings is 1. The molecule has 0 aromatic heterocycles. The van der Waals surface area contributed by atoms with Gasteiger partial charge in [0.2, 0.25) is 10.0 Å². The van der Waals surface area contributed by atoms with Gasteiger partial charge < -0.3 is 4.90 Å². The molecule has 138 valence electrons. The van der Waals surface area contributed by atoms with Crippen molar-refractivity contribution in [3.63, 3.8) is 0 Å². The molecule has 1 heterocycles. The van der Waals surface area contributed by atoms with E-state index >= 15 is 0 Å². The van der Waals surface area contributed by atoms with Crippen molar-refractivity contribution in [3.05, 3.63) is 63.7 Å². The van der Waals surface area contributed by atoms with E-state index in [-0.39, 0.29) is 23.2 Å². The van der Waals surface area contributed by atoms with Crippen LogP contribution in [0, 0.1) is 10.1 Å². The molecule has 1 saturated heterocycles. The number of hydrogen-bond acceptors (Lipinski definition) is 5. The molecule has 0 unspecified atom stereocenters. The smallest absolute Gasteiger partial charge is 0.294 e. The molecule has 1 aliphatic heterocycles. The summed E-state index contributed by atoms with van der Waals surface area (Å²) in [6.45, 7) is 2.76. The van der Waals surface area contributed by atoms with Crippen molar-refractivity contribution in [2.24, 2.45) is 0 Å². The molecule has 26 heavy (non-hydrogen) atoms. The first-order chi connectivity index (χ1) is 12.3. The third kappa shape index (κ3) is 3.53. The van der Waals surface area contributed by atoms with Crippen LogP contribution in [0.5, 0.6) is 0 Å². The lowest BCUT2D eigenvalue weighted by Gasteiger charge is -2.39. The lowest BCUT2D eigenvalue weighted by molar-refractivity contribution is -0.384. The predicted molar refractivity (Wildman–Crippen MR) is 100 cm³/mol. The van der Waals surface area contributed by atoms with Crippen molar-refractivity contribution in [1.82, 2.24) is 4.31 Å². The van der Waals surface area contributed by atoms with Gasteiger partial charge in [0.25, 0.3) is 5.69 Å².